The van der Waals surface area contributed by atoms with E-state index in [-0.39, 0.29) is 10.1 Å². The van der Waals surface area contributed by atoms with Crippen molar-refractivity contribution in [3.05, 3.63) is 58.0 Å². The molecule has 6 nitrogen and oxygen atoms in total. The zero-order chi connectivity index (χ0) is 17.8. The summed E-state index contributed by atoms with van der Waals surface area (Å²) in [5.41, 5.74) is 0.807. The number of aryl methyl sites for hydroxylation is 1. The third kappa shape index (κ3) is 4.32. The van der Waals surface area contributed by atoms with Gasteiger partial charge in [0.05, 0.1) is 0 Å². The summed E-state index contributed by atoms with van der Waals surface area (Å²) < 4.78 is 11.0. The third-order valence-electron chi connectivity index (χ3n) is 3.17. The molecule has 1 N–H and O–H groups in total. The molecular formula is C17H13ClN2O4S. The summed E-state index contributed by atoms with van der Waals surface area (Å²) in [6.07, 6.45) is 2.00. The number of benzene rings is 1. The van der Waals surface area contributed by atoms with Crippen molar-refractivity contribution in [3.8, 4) is 11.3 Å². The Bertz CT molecular complexity index is 932. The lowest BCUT2D eigenvalue weighted by Gasteiger charge is -1.98. The van der Waals surface area contributed by atoms with Crippen molar-refractivity contribution in [3.63, 3.8) is 0 Å². The number of halogens is 1. The Morgan fingerprint density at radius 3 is 2.80 bits per heavy atom. The van der Waals surface area contributed by atoms with E-state index in [1.165, 1.54) is 6.08 Å². The van der Waals surface area contributed by atoms with Crippen LogP contribution in [0.3, 0.4) is 0 Å². The minimum absolute atomic E-state index is 0.0123. The smallest absolute Gasteiger partial charge is 0.342 e. The monoisotopic (exact) mass is 376 g/mol. The number of aromatic nitrogens is 2. The van der Waals surface area contributed by atoms with Gasteiger partial charge in [0.25, 0.3) is 5.22 Å². The van der Waals surface area contributed by atoms with E-state index < -0.39 is 5.97 Å². The Balaban J connectivity index is 1.84. The lowest BCUT2D eigenvalue weighted by Crippen LogP contribution is -1.96. The Hall–Kier alpha value is -2.51. The van der Waals surface area contributed by atoms with E-state index in [0.29, 0.717) is 28.9 Å². The normalized spacial score (nSPS) is 11.7. The highest BCUT2D eigenvalue weighted by Gasteiger charge is 2.16. The van der Waals surface area contributed by atoms with Crippen LogP contribution in [0.2, 0.25) is 5.02 Å². The van der Waals surface area contributed by atoms with Crippen molar-refractivity contribution in [1.29, 1.82) is 0 Å². The lowest BCUT2D eigenvalue weighted by molar-refractivity contribution is -0.131. The number of carboxylic acids is 1. The fourth-order valence-corrected chi connectivity index (χ4v) is 2.87. The van der Waals surface area contributed by atoms with Crippen molar-refractivity contribution < 1.29 is 18.7 Å². The molecule has 2 heterocycles. The van der Waals surface area contributed by atoms with Crippen LogP contribution in [0.4, 0.5) is 0 Å². The van der Waals surface area contributed by atoms with Crippen LogP contribution in [0.25, 0.3) is 17.4 Å². The highest BCUT2D eigenvalue weighted by atomic mass is 35.5. The van der Waals surface area contributed by atoms with E-state index in [9.17, 15) is 9.90 Å². The van der Waals surface area contributed by atoms with Gasteiger partial charge in [-0.1, -0.05) is 30.7 Å². The van der Waals surface area contributed by atoms with Crippen LogP contribution >= 0.6 is 23.4 Å². The zero-order valence-corrected chi connectivity index (χ0v) is 14.7. The third-order valence-corrected chi connectivity index (χ3v) is 4.26. The molecule has 2 aromatic heterocycles. The minimum atomic E-state index is -1.11. The largest absolute Gasteiger partial charge is 0.477 e. The average molecular weight is 377 g/mol. The molecule has 0 amide bonds. The maximum Gasteiger partial charge on any atom is 0.342 e. The number of hydrogen-bond donors (Lipinski definition) is 1. The molecule has 0 aliphatic carbocycles. The number of furan rings is 1. The van der Waals surface area contributed by atoms with Crippen molar-refractivity contribution in [2.24, 2.45) is 0 Å². The first-order valence-corrected chi connectivity index (χ1v) is 8.55. The molecule has 3 rings (SSSR count). The predicted octanol–water partition coefficient (Wildman–Crippen LogP) is 4.76. The van der Waals surface area contributed by atoms with Gasteiger partial charge in [-0.15, -0.1) is 10.2 Å². The summed E-state index contributed by atoms with van der Waals surface area (Å²) in [5, 5.41) is 17.8. The molecule has 0 spiro atoms. The second-order valence-corrected chi connectivity index (χ2v) is 6.37. The lowest BCUT2D eigenvalue weighted by atomic mass is 10.2. The summed E-state index contributed by atoms with van der Waals surface area (Å²) in [5.74, 6) is 0.333. The van der Waals surface area contributed by atoms with Gasteiger partial charge in [-0.2, -0.15) is 0 Å². The van der Waals surface area contributed by atoms with Gasteiger partial charge in [0, 0.05) is 23.1 Å². The fourth-order valence-electron chi connectivity index (χ4n) is 2.01. The van der Waals surface area contributed by atoms with Gasteiger partial charge in [-0.3, -0.25) is 0 Å². The molecule has 1 aromatic carbocycles. The van der Waals surface area contributed by atoms with Gasteiger partial charge in [-0.05, 0) is 36.0 Å². The van der Waals surface area contributed by atoms with Crippen LogP contribution in [0.1, 0.15) is 18.6 Å². The number of carbonyl (C=O) groups is 1. The molecule has 0 fully saturated rings. The second kappa shape index (κ2) is 7.58. The number of rotatable bonds is 6. The number of aliphatic carboxylic acids is 1. The van der Waals surface area contributed by atoms with Gasteiger partial charge in [0.15, 0.2) is 0 Å². The van der Waals surface area contributed by atoms with E-state index in [1.54, 1.807) is 24.3 Å². The molecule has 0 aliphatic rings. The van der Waals surface area contributed by atoms with E-state index >= 15 is 0 Å². The Kier molecular flexibility index (Phi) is 5.25. The van der Waals surface area contributed by atoms with Crippen LogP contribution < -0.4 is 0 Å². The van der Waals surface area contributed by atoms with E-state index in [4.69, 9.17) is 20.4 Å². The minimum Gasteiger partial charge on any atom is -0.477 e. The average Bonchev–Trinajstić information content (AvgIpc) is 3.23. The molecule has 0 bridgehead atoms. The maximum absolute atomic E-state index is 11.5. The topological polar surface area (TPSA) is 89.4 Å². The molecule has 0 saturated carbocycles. The molecule has 0 unspecified atom stereocenters. The van der Waals surface area contributed by atoms with Crippen LogP contribution in [-0.4, -0.2) is 21.3 Å². The van der Waals surface area contributed by atoms with Crippen molar-refractivity contribution in [2.45, 2.75) is 18.6 Å². The Labute approximate surface area is 152 Å². The summed E-state index contributed by atoms with van der Waals surface area (Å²) in [4.78, 5) is 11.5. The Morgan fingerprint density at radius 2 is 2.12 bits per heavy atom. The van der Waals surface area contributed by atoms with Crippen molar-refractivity contribution in [2.75, 3.05) is 0 Å². The van der Waals surface area contributed by atoms with Gasteiger partial charge in [-0.25, -0.2) is 4.79 Å². The maximum atomic E-state index is 11.5. The molecule has 0 saturated heterocycles. The van der Waals surface area contributed by atoms with Crippen molar-refractivity contribution >= 4 is 35.4 Å². The Morgan fingerprint density at radius 1 is 1.28 bits per heavy atom. The molecular weight excluding hydrogens is 364 g/mol. The number of hydrogen-bond acceptors (Lipinski definition) is 6. The highest BCUT2D eigenvalue weighted by Crippen LogP contribution is 2.30. The number of thioether (sulfide) groups is 1. The predicted molar refractivity (Wildman–Crippen MR) is 94.3 cm³/mol. The molecule has 3 aromatic rings. The molecule has 0 aliphatic heterocycles. The van der Waals surface area contributed by atoms with Crippen molar-refractivity contribution in [1.82, 2.24) is 10.2 Å². The first kappa shape index (κ1) is 17.3. The molecule has 0 radical (unpaired) electrons. The van der Waals surface area contributed by atoms with Crippen LogP contribution in [0.5, 0.6) is 0 Å². The van der Waals surface area contributed by atoms with Crippen LogP contribution in [0, 0.1) is 0 Å². The number of nitrogens with zero attached hydrogens (tertiary/aromatic N) is 2. The fraction of sp³-hybridized carbons (Fsp3) is 0.118. The van der Waals surface area contributed by atoms with E-state index in [2.05, 4.69) is 10.2 Å². The van der Waals surface area contributed by atoms with Gasteiger partial charge in [0.2, 0.25) is 5.89 Å². The second-order valence-electron chi connectivity index (χ2n) is 4.94. The van der Waals surface area contributed by atoms with E-state index in [1.807, 2.05) is 19.1 Å². The van der Waals surface area contributed by atoms with Gasteiger partial charge < -0.3 is 13.9 Å². The molecule has 128 valence electrons. The van der Waals surface area contributed by atoms with Gasteiger partial charge in [0.1, 0.15) is 16.4 Å². The molecule has 25 heavy (non-hydrogen) atoms. The SMILES string of the molecule is CCc1nnc(S/C(=C/c2ccc(-c3cccc(Cl)c3)o2)C(=O)O)o1. The zero-order valence-electron chi connectivity index (χ0n) is 13.1. The summed E-state index contributed by atoms with van der Waals surface area (Å²) in [6, 6.07) is 10.6. The first-order chi connectivity index (χ1) is 12.0. The highest BCUT2D eigenvalue weighted by molar-refractivity contribution is 8.03. The van der Waals surface area contributed by atoms with E-state index in [0.717, 1.165) is 17.3 Å². The summed E-state index contributed by atoms with van der Waals surface area (Å²) in [7, 11) is 0. The number of carboxylic acid groups (broad SMARTS) is 1. The molecule has 0 atom stereocenters. The van der Waals surface area contributed by atoms with Crippen LogP contribution in [-0.2, 0) is 11.2 Å². The molecule has 8 heteroatoms. The first-order valence-electron chi connectivity index (χ1n) is 7.36. The summed E-state index contributed by atoms with van der Waals surface area (Å²) in [6.45, 7) is 1.87. The summed E-state index contributed by atoms with van der Waals surface area (Å²) >= 11 is 6.85. The standard InChI is InChI=1S/C17H13ClN2O4S/c1-2-15-19-20-17(24-15)25-14(16(21)22)9-12-6-7-13(23-12)10-4-3-5-11(18)8-10/h3-9H,2H2,1H3,(H,21,22)/b14-9+. The van der Waals surface area contributed by atoms with Crippen LogP contribution in [0.15, 0.2) is 55.4 Å². The van der Waals surface area contributed by atoms with Gasteiger partial charge >= 0.3 is 5.97 Å². The quantitative estimate of drug-likeness (QED) is 0.489.